The SMILES string of the molecule is [2H]/C(=C/CCC)CCC. The normalized spacial score (nSPS) is 13.8. The molecule has 0 aromatic heterocycles. The lowest BCUT2D eigenvalue weighted by atomic mass is 10.2. The zero-order valence-electron chi connectivity index (χ0n) is 6.91. The van der Waals surface area contributed by atoms with Crippen LogP contribution in [-0.4, -0.2) is 0 Å². The molecular formula is C8H16. The molecule has 0 amide bonds. The summed E-state index contributed by atoms with van der Waals surface area (Å²) in [5.41, 5.74) is 0. The molecule has 0 bridgehead atoms. The van der Waals surface area contributed by atoms with Crippen molar-refractivity contribution in [3.63, 3.8) is 0 Å². The molecule has 0 saturated carbocycles. The highest BCUT2D eigenvalue weighted by atomic mass is 13.8. The monoisotopic (exact) mass is 113 g/mol. The number of unbranched alkanes of at least 4 members (excludes halogenated alkanes) is 1. The van der Waals surface area contributed by atoms with E-state index in [1.54, 1.807) is 0 Å². The molecule has 0 saturated heterocycles. The standard InChI is InChI=1S/C8H16/c1-3-5-7-8-6-4-2/h7-8H,3-6H2,1-2H3/b8-7-/i7D. The zero-order valence-corrected chi connectivity index (χ0v) is 5.91. The van der Waals surface area contributed by atoms with Crippen LogP contribution < -0.4 is 0 Å². The molecular weight excluding hydrogens is 96.1 g/mol. The number of rotatable bonds is 4. The molecule has 48 valence electrons. The van der Waals surface area contributed by atoms with Gasteiger partial charge < -0.3 is 0 Å². The van der Waals surface area contributed by atoms with Gasteiger partial charge in [0, 0.05) is 0 Å². The van der Waals surface area contributed by atoms with Crippen LogP contribution in [0.5, 0.6) is 0 Å². The van der Waals surface area contributed by atoms with E-state index < -0.39 is 0 Å². The van der Waals surface area contributed by atoms with E-state index in [2.05, 4.69) is 13.8 Å². The Balaban J connectivity index is 3.30. The van der Waals surface area contributed by atoms with Crippen LogP contribution in [0.25, 0.3) is 0 Å². The van der Waals surface area contributed by atoms with Crippen LogP contribution in [0.4, 0.5) is 0 Å². The van der Waals surface area contributed by atoms with E-state index in [-0.39, 0.29) is 0 Å². The van der Waals surface area contributed by atoms with E-state index >= 15 is 0 Å². The van der Waals surface area contributed by atoms with E-state index in [4.69, 9.17) is 1.37 Å². The fraction of sp³-hybridized carbons (Fsp3) is 0.750. The number of hydrogen-bond donors (Lipinski definition) is 0. The highest BCUT2D eigenvalue weighted by Crippen LogP contribution is 1.92. The van der Waals surface area contributed by atoms with Gasteiger partial charge >= 0.3 is 0 Å². The minimum atomic E-state index is 0.805. The Morgan fingerprint density at radius 1 is 1.25 bits per heavy atom. The summed E-state index contributed by atoms with van der Waals surface area (Å²) in [4.78, 5) is 0. The van der Waals surface area contributed by atoms with Crippen molar-refractivity contribution in [2.45, 2.75) is 39.5 Å². The summed E-state index contributed by atoms with van der Waals surface area (Å²) in [5, 5.41) is 0. The van der Waals surface area contributed by atoms with Crippen molar-refractivity contribution in [1.29, 1.82) is 0 Å². The average molecular weight is 113 g/mol. The Morgan fingerprint density at radius 3 is 2.38 bits per heavy atom. The zero-order chi connectivity index (χ0) is 7.11. The maximum Gasteiger partial charge on any atom is 0.0572 e. The van der Waals surface area contributed by atoms with Crippen LogP contribution in [-0.2, 0) is 0 Å². The van der Waals surface area contributed by atoms with Crippen molar-refractivity contribution in [3.05, 3.63) is 12.1 Å². The number of hydrogen-bond acceptors (Lipinski definition) is 0. The molecule has 0 spiro atoms. The predicted octanol–water partition coefficient (Wildman–Crippen LogP) is 3.14. The van der Waals surface area contributed by atoms with Gasteiger partial charge in [0.1, 0.15) is 0 Å². The van der Waals surface area contributed by atoms with Crippen molar-refractivity contribution in [2.24, 2.45) is 0 Å². The topological polar surface area (TPSA) is 0 Å². The maximum atomic E-state index is 7.34. The van der Waals surface area contributed by atoms with Crippen LogP contribution in [0.15, 0.2) is 12.1 Å². The van der Waals surface area contributed by atoms with E-state index in [1.165, 1.54) is 0 Å². The smallest absolute Gasteiger partial charge is 0.0572 e. The Hall–Kier alpha value is -0.260. The third-order valence-electron chi connectivity index (χ3n) is 0.972. The highest BCUT2D eigenvalue weighted by Gasteiger charge is 1.72. The molecule has 0 radical (unpaired) electrons. The van der Waals surface area contributed by atoms with Crippen molar-refractivity contribution in [3.8, 4) is 0 Å². The van der Waals surface area contributed by atoms with Gasteiger partial charge in [-0.15, -0.1) is 0 Å². The van der Waals surface area contributed by atoms with Crippen molar-refractivity contribution < 1.29 is 1.37 Å². The van der Waals surface area contributed by atoms with Crippen LogP contribution in [0, 0.1) is 0 Å². The molecule has 0 unspecified atom stereocenters. The van der Waals surface area contributed by atoms with Gasteiger partial charge in [0.2, 0.25) is 0 Å². The first-order chi connectivity index (χ1) is 4.31. The minimum absolute atomic E-state index is 0.805. The van der Waals surface area contributed by atoms with Crippen LogP contribution in [0.1, 0.15) is 40.9 Å². The molecule has 0 nitrogen and oxygen atoms in total. The van der Waals surface area contributed by atoms with E-state index in [9.17, 15) is 0 Å². The predicted molar refractivity (Wildman–Crippen MR) is 39.0 cm³/mol. The second-order valence-electron chi connectivity index (χ2n) is 1.95. The van der Waals surface area contributed by atoms with Gasteiger partial charge in [-0.25, -0.2) is 0 Å². The minimum Gasteiger partial charge on any atom is -0.0885 e. The van der Waals surface area contributed by atoms with Gasteiger partial charge in [-0.05, 0) is 12.8 Å². The Morgan fingerprint density at radius 2 is 1.88 bits per heavy atom. The van der Waals surface area contributed by atoms with E-state index in [1.807, 2.05) is 6.08 Å². The van der Waals surface area contributed by atoms with Crippen molar-refractivity contribution >= 4 is 0 Å². The van der Waals surface area contributed by atoms with Gasteiger partial charge in [-0.2, -0.15) is 0 Å². The fourth-order valence-electron chi connectivity index (χ4n) is 0.493. The number of allylic oxidation sites excluding steroid dienone is 2. The average Bonchev–Trinajstić information content (AvgIpc) is 1.85. The first-order valence-electron chi connectivity index (χ1n) is 3.96. The molecule has 0 aliphatic rings. The van der Waals surface area contributed by atoms with Crippen LogP contribution in [0.2, 0.25) is 0 Å². The Bertz CT molecular complexity index is 84.6. The lowest BCUT2D eigenvalue weighted by molar-refractivity contribution is 0.921. The van der Waals surface area contributed by atoms with E-state index in [0.717, 1.165) is 31.7 Å². The summed E-state index contributed by atoms with van der Waals surface area (Å²) >= 11 is 0. The molecule has 0 aromatic carbocycles. The third kappa shape index (κ3) is 5.74. The lowest BCUT2D eigenvalue weighted by Crippen LogP contribution is -1.62. The second kappa shape index (κ2) is 6.74. The Labute approximate surface area is 54.0 Å². The summed E-state index contributed by atoms with van der Waals surface area (Å²) < 4.78 is 7.34. The first-order valence-corrected chi connectivity index (χ1v) is 3.46. The first kappa shape index (κ1) is 5.87. The summed E-state index contributed by atoms with van der Waals surface area (Å²) in [6, 6.07) is 0.805. The largest absolute Gasteiger partial charge is 0.0885 e. The quantitative estimate of drug-likeness (QED) is 0.491. The van der Waals surface area contributed by atoms with E-state index in [0.29, 0.717) is 0 Å². The molecule has 0 aliphatic carbocycles. The summed E-state index contributed by atoms with van der Waals surface area (Å²) in [5.74, 6) is 0. The van der Waals surface area contributed by atoms with Crippen LogP contribution in [0.3, 0.4) is 0 Å². The van der Waals surface area contributed by atoms with Crippen molar-refractivity contribution in [1.82, 2.24) is 0 Å². The molecule has 0 aliphatic heterocycles. The molecule has 0 rings (SSSR count). The summed E-state index contributed by atoms with van der Waals surface area (Å²) in [6.45, 7) is 4.24. The fourth-order valence-corrected chi connectivity index (χ4v) is 0.493. The van der Waals surface area contributed by atoms with Crippen molar-refractivity contribution in [2.75, 3.05) is 0 Å². The van der Waals surface area contributed by atoms with Gasteiger partial charge in [-0.1, -0.05) is 38.8 Å². The molecule has 8 heavy (non-hydrogen) atoms. The lowest BCUT2D eigenvalue weighted by Gasteiger charge is -1.83. The summed E-state index contributed by atoms with van der Waals surface area (Å²) in [7, 11) is 0. The summed E-state index contributed by atoms with van der Waals surface area (Å²) in [6.07, 6.45) is 6.29. The second-order valence-corrected chi connectivity index (χ2v) is 1.95. The molecule has 0 N–H and O–H groups in total. The maximum absolute atomic E-state index is 7.34. The Kier molecular flexibility index (Phi) is 4.94. The third-order valence-corrected chi connectivity index (χ3v) is 0.972. The molecule has 0 fully saturated rings. The molecule has 0 heteroatoms. The highest BCUT2D eigenvalue weighted by molar-refractivity contribution is 4.79. The van der Waals surface area contributed by atoms with Gasteiger partial charge in [0.05, 0.1) is 1.37 Å². The molecule has 0 aromatic rings. The molecule has 0 atom stereocenters. The molecule has 0 heterocycles. The van der Waals surface area contributed by atoms with Crippen LogP contribution >= 0.6 is 0 Å². The van der Waals surface area contributed by atoms with Gasteiger partial charge in [0.25, 0.3) is 0 Å². The van der Waals surface area contributed by atoms with Gasteiger partial charge in [0.15, 0.2) is 0 Å². The van der Waals surface area contributed by atoms with Gasteiger partial charge in [-0.3, -0.25) is 0 Å².